The van der Waals surface area contributed by atoms with E-state index in [0.29, 0.717) is 41.6 Å². The Hall–Kier alpha value is -2.11. The number of anilines is 1. The molecule has 2 amide bonds. The number of ether oxygens (including phenoxy) is 1. The summed E-state index contributed by atoms with van der Waals surface area (Å²) in [6.45, 7) is 2.20. The van der Waals surface area contributed by atoms with E-state index < -0.39 is 29.2 Å². The molecule has 0 spiro atoms. The van der Waals surface area contributed by atoms with E-state index >= 15 is 0 Å². The predicted molar refractivity (Wildman–Crippen MR) is 106 cm³/mol. The van der Waals surface area contributed by atoms with E-state index in [4.69, 9.17) is 10.5 Å². The van der Waals surface area contributed by atoms with Gasteiger partial charge in [-0.2, -0.15) is 0 Å². The Balaban J connectivity index is 1.72. The highest BCUT2D eigenvalue weighted by atomic mass is 32.2. The van der Waals surface area contributed by atoms with E-state index in [1.807, 2.05) is 0 Å². The standard InChI is InChI=1S/C17H22N4O5S2/c1-8-6-27-15-11(14(23)21(15)12(8)16(24)25)20-13(22)9(4-3-5-26-2)10-7-28-17(18)19-10/h7,9,11,15H,3-6H2,1-2H3,(H2,18,19)(H,20,22)(H,24,25). The minimum absolute atomic E-state index is 0.0168. The van der Waals surface area contributed by atoms with E-state index in [2.05, 4.69) is 10.3 Å². The molecule has 3 unspecified atom stereocenters. The van der Waals surface area contributed by atoms with Crippen LogP contribution in [0.25, 0.3) is 0 Å². The van der Waals surface area contributed by atoms with Gasteiger partial charge in [-0.25, -0.2) is 9.78 Å². The number of nitrogens with one attached hydrogen (secondary N) is 1. The third kappa shape index (κ3) is 3.87. The fraction of sp³-hybridized carbons (Fsp3) is 0.529. The number of carbonyl (C=O) groups excluding carboxylic acids is 2. The minimum atomic E-state index is -1.13. The number of hydrogen-bond donors (Lipinski definition) is 3. The van der Waals surface area contributed by atoms with Crippen molar-refractivity contribution in [1.82, 2.24) is 15.2 Å². The van der Waals surface area contributed by atoms with Crippen LogP contribution in [0.15, 0.2) is 16.7 Å². The van der Waals surface area contributed by atoms with Gasteiger partial charge in [0.15, 0.2) is 5.13 Å². The Morgan fingerprint density at radius 2 is 2.29 bits per heavy atom. The van der Waals surface area contributed by atoms with Gasteiger partial charge in [-0.1, -0.05) is 0 Å². The number of nitrogens with zero attached hydrogens (tertiary/aromatic N) is 2. The van der Waals surface area contributed by atoms with Crippen molar-refractivity contribution >= 4 is 46.0 Å². The Labute approximate surface area is 170 Å². The summed E-state index contributed by atoms with van der Waals surface area (Å²) < 4.78 is 5.06. The molecule has 0 aromatic carbocycles. The van der Waals surface area contributed by atoms with Crippen molar-refractivity contribution in [1.29, 1.82) is 0 Å². The maximum Gasteiger partial charge on any atom is 0.352 e. The number of thioether (sulfide) groups is 1. The highest BCUT2D eigenvalue weighted by Crippen LogP contribution is 2.40. The highest BCUT2D eigenvalue weighted by molar-refractivity contribution is 8.00. The summed E-state index contributed by atoms with van der Waals surface area (Å²) in [6, 6.07) is -0.749. The number of nitrogen functional groups attached to an aromatic ring is 1. The zero-order valence-corrected chi connectivity index (χ0v) is 17.1. The van der Waals surface area contributed by atoms with Gasteiger partial charge in [0.05, 0.1) is 11.6 Å². The molecule has 1 saturated heterocycles. The first-order valence-electron chi connectivity index (χ1n) is 8.73. The Morgan fingerprint density at radius 1 is 1.54 bits per heavy atom. The number of hydrogen-bond acceptors (Lipinski definition) is 8. The van der Waals surface area contributed by atoms with Crippen molar-refractivity contribution in [2.24, 2.45) is 0 Å². The summed E-state index contributed by atoms with van der Waals surface area (Å²) in [4.78, 5) is 42.4. The second-order valence-corrected chi connectivity index (χ2v) is 8.62. The molecule has 11 heteroatoms. The number of carboxylic acid groups (broad SMARTS) is 1. The lowest BCUT2D eigenvalue weighted by molar-refractivity contribution is -0.150. The summed E-state index contributed by atoms with van der Waals surface area (Å²) in [7, 11) is 1.59. The topological polar surface area (TPSA) is 135 Å². The molecule has 0 aliphatic carbocycles. The molecule has 1 aromatic rings. The number of fused-ring (bicyclic) bond motifs is 1. The van der Waals surface area contributed by atoms with Crippen molar-refractivity contribution in [3.63, 3.8) is 0 Å². The van der Waals surface area contributed by atoms with Gasteiger partial charge < -0.3 is 20.9 Å². The molecule has 1 fully saturated rings. The zero-order valence-electron chi connectivity index (χ0n) is 15.5. The molecule has 2 aliphatic rings. The van der Waals surface area contributed by atoms with Crippen LogP contribution in [0.2, 0.25) is 0 Å². The number of aliphatic carboxylic acids is 1. The number of thiazole rings is 1. The largest absolute Gasteiger partial charge is 0.477 e. The van der Waals surface area contributed by atoms with E-state index in [9.17, 15) is 19.5 Å². The third-order valence-corrected chi connectivity index (χ3v) is 6.83. The normalized spacial score (nSPS) is 22.5. The maximum atomic E-state index is 12.9. The molecule has 28 heavy (non-hydrogen) atoms. The fourth-order valence-corrected chi connectivity index (χ4v) is 5.24. The van der Waals surface area contributed by atoms with Gasteiger partial charge in [0, 0.05) is 24.8 Å². The number of amides is 2. The van der Waals surface area contributed by atoms with Crippen LogP contribution < -0.4 is 11.1 Å². The zero-order chi connectivity index (χ0) is 20.4. The lowest BCUT2D eigenvalue weighted by Crippen LogP contribution is -2.70. The molecule has 3 heterocycles. The molecular formula is C17H22N4O5S2. The van der Waals surface area contributed by atoms with Crippen molar-refractivity contribution in [2.45, 2.75) is 37.1 Å². The van der Waals surface area contributed by atoms with Crippen LogP contribution in [0, 0.1) is 0 Å². The van der Waals surface area contributed by atoms with Gasteiger partial charge in [-0.15, -0.1) is 23.1 Å². The van der Waals surface area contributed by atoms with E-state index in [0.717, 1.165) is 0 Å². The smallest absolute Gasteiger partial charge is 0.352 e. The van der Waals surface area contributed by atoms with Gasteiger partial charge in [0.2, 0.25) is 5.91 Å². The van der Waals surface area contributed by atoms with Crippen LogP contribution in [0.5, 0.6) is 0 Å². The summed E-state index contributed by atoms with van der Waals surface area (Å²) in [5.41, 5.74) is 6.93. The quantitative estimate of drug-likeness (QED) is 0.414. The number of nitrogens with two attached hydrogens (primary N) is 1. The van der Waals surface area contributed by atoms with Gasteiger partial charge in [0.25, 0.3) is 5.91 Å². The van der Waals surface area contributed by atoms with Gasteiger partial charge in [-0.3, -0.25) is 14.5 Å². The first-order valence-corrected chi connectivity index (χ1v) is 10.7. The summed E-state index contributed by atoms with van der Waals surface area (Å²) in [5, 5.41) is 13.9. The molecule has 4 N–H and O–H groups in total. The average molecular weight is 427 g/mol. The van der Waals surface area contributed by atoms with Crippen LogP contribution in [0.1, 0.15) is 31.4 Å². The van der Waals surface area contributed by atoms with E-state index in [1.165, 1.54) is 28.0 Å². The first kappa shape index (κ1) is 20.6. The van der Waals surface area contributed by atoms with Crippen molar-refractivity contribution < 1.29 is 24.2 Å². The average Bonchev–Trinajstić information content (AvgIpc) is 3.08. The number of carbonyl (C=O) groups is 3. The number of rotatable bonds is 8. The number of β-lactam (4-membered cyclic amide) rings is 1. The van der Waals surface area contributed by atoms with Crippen LogP contribution >= 0.6 is 23.1 Å². The fourth-order valence-electron chi connectivity index (χ4n) is 3.34. The van der Waals surface area contributed by atoms with E-state index in [-0.39, 0.29) is 11.6 Å². The first-order chi connectivity index (χ1) is 13.3. The molecule has 3 atom stereocenters. The molecule has 0 radical (unpaired) electrons. The molecule has 2 aliphatic heterocycles. The number of carboxylic acids is 1. The Kier molecular flexibility index (Phi) is 6.26. The molecule has 3 rings (SSSR count). The number of methoxy groups -OCH3 is 1. The summed E-state index contributed by atoms with van der Waals surface area (Å²) in [6.07, 6.45) is 1.16. The van der Waals surface area contributed by atoms with Crippen LogP contribution in [0.4, 0.5) is 5.13 Å². The molecular weight excluding hydrogens is 404 g/mol. The van der Waals surface area contributed by atoms with Crippen molar-refractivity contribution in [3.8, 4) is 0 Å². The molecule has 152 valence electrons. The lowest BCUT2D eigenvalue weighted by Gasteiger charge is -2.49. The predicted octanol–water partition coefficient (Wildman–Crippen LogP) is 0.994. The van der Waals surface area contributed by atoms with Crippen LogP contribution in [-0.4, -0.2) is 63.7 Å². The van der Waals surface area contributed by atoms with Crippen molar-refractivity contribution in [2.75, 3.05) is 25.2 Å². The molecule has 0 bridgehead atoms. The van der Waals surface area contributed by atoms with Crippen molar-refractivity contribution in [3.05, 3.63) is 22.3 Å². The van der Waals surface area contributed by atoms with Crippen LogP contribution in [0.3, 0.4) is 0 Å². The third-order valence-electron chi connectivity index (χ3n) is 4.71. The molecule has 0 saturated carbocycles. The highest BCUT2D eigenvalue weighted by Gasteiger charge is 2.54. The lowest BCUT2D eigenvalue weighted by atomic mass is 9.97. The molecule has 1 aromatic heterocycles. The minimum Gasteiger partial charge on any atom is -0.477 e. The van der Waals surface area contributed by atoms with E-state index in [1.54, 1.807) is 19.4 Å². The number of aromatic nitrogens is 1. The Morgan fingerprint density at radius 3 is 2.89 bits per heavy atom. The second kappa shape index (κ2) is 8.50. The monoisotopic (exact) mass is 426 g/mol. The summed E-state index contributed by atoms with van der Waals surface area (Å²) >= 11 is 2.70. The SMILES string of the molecule is COCCCC(C(=O)NC1C(=O)N2C(C(=O)O)=C(C)CSC12)c1csc(N)n1. The van der Waals surface area contributed by atoms with Gasteiger partial charge in [-0.05, 0) is 25.3 Å². The second-order valence-electron chi connectivity index (χ2n) is 6.63. The van der Waals surface area contributed by atoms with Gasteiger partial charge >= 0.3 is 5.97 Å². The Bertz CT molecular complexity index is 824. The molecule has 9 nitrogen and oxygen atoms in total. The summed E-state index contributed by atoms with van der Waals surface area (Å²) in [5.74, 6) is -1.90. The van der Waals surface area contributed by atoms with Crippen LogP contribution in [-0.2, 0) is 19.1 Å². The maximum absolute atomic E-state index is 12.9. The van der Waals surface area contributed by atoms with Gasteiger partial charge in [0.1, 0.15) is 17.1 Å².